The normalized spacial score (nSPS) is 31.1. The summed E-state index contributed by atoms with van der Waals surface area (Å²) in [5.41, 5.74) is 0.525. The Labute approximate surface area is 140 Å². The van der Waals surface area contributed by atoms with Crippen LogP contribution in [0.2, 0.25) is 0 Å². The van der Waals surface area contributed by atoms with Crippen LogP contribution in [0.5, 0.6) is 0 Å². The van der Waals surface area contributed by atoms with Crippen LogP contribution in [0.4, 0.5) is 4.79 Å². The number of aliphatic imine (C=N–C) groups is 1. The van der Waals surface area contributed by atoms with Gasteiger partial charge in [-0.1, -0.05) is 26.0 Å². The Morgan fingerprint density at radius 2 is 2.17 bits per heavy atom. The summed E-state index contributed by atoms with van der Waals surface area (Å²) in [5, 5.41) is 2.97. The number of nitrogens with zero attached hydrogens (tertiary/aromatic N) is 1. The van der Waals surface area contributed by atoms with Gasteiger partial charge in [0.1, 0.15) is 5.60 Å². The minimum Gasteiger partial charge on any atom is -0.444 e. The topological polar surface area (TPSA) is 50.7 Å². The van der Waals surface area contributed by atoms with Crippen molar-refractivity contribution in [1.29, 1.82) is 0 Å². The maximum absolute atomic E-state index is 12.1. The van der Waals surface area contributed by atoms with Crippen molar-refractivity contribution < 1.29 is 9.53 Å². The monoisotopic (exact) mass is 318 g/mol. The Balaban J connectivity index is 2.07. The summed E-state index contributed by atoms with van der Waals surface area (Å²) in [6.45, 7) is 13.9. The molecular weight excluding hydrogens is 288 g/mol. The van der Waals surface area contributed by atoms with E-state index in [-0.39, 0.29) is 6.04 Å². The number of alkyl carbamates (subject to hydrolysis) is 1. The number of hydrogen-bond acceptors (Lipinski definition) is 3. The molecule has 5 atom stereocenters. The summed E-state index contributed by atoms with van der Waals surface area (Å²) in [5.74, 6) is 2.39. The average molecular weight is 318 g/mol. The molecule has 0 bridgehead atoms. The van der Waals surface area contributed by atoms with E-state index in [4.69, 9.17) is 4.74 Å². The minimum atomic E-state index is -0.505. The Morgan fingerprint density at radius 3 is 2.70 bits per heavy atom. The first kappa shape index (κ1) is 17.8. The van der Waals surface area contributed by atoms with Crippen LogP contribution >= 0.6 is 0 Å². The molecule has 2 aliphatic rings. The molecule has 1 aliphatic heterocycles. The van der Waals surface area contributed by atoms with Gasteiger partial charge in [-0.15, -0.1) is 6.58 Å². The van der Waals surface area contributed by atoms with Gasteiger partial charge in [0.05, 0.1) is 6.04 Å². The molecule has 4 heteroatoms. The van der Waals surface area contributed by atoms with Gasteiger partial charge in [0, 0.05) is 17.8 Å². The second-order valence-electron chi connectivity index (χ2n) is 7.86. The van der Waals surface area contributed by atoms with Crippen LogP contribution in [0.25, 0.3) is 0 Å². The molecule has 0 spiro atoms. The predicted octanol–water partition coefficient (Wildman–Crippen LogP) is 4.33. The molecule has 1 saturated carbocycles. The first-order valence-corrected chi connectivity index (χ1v) is 8.57. The second-order valence-corrected chi connectivity index (χ2v) is 7.86. The zero-order valence-electron chi connectivity index (χ0n) is 15.0. The fourth-order valence-corrected chi connectivity index (χ4v) is 3.39. The van der Waals surface area contributed by atoms with E-state index in [1.165, 1.54) is 6.42 Å². The van der Waals surface area contributed by atoms with Gasteiger partial charge in [0.2, 0.25) is 0 Å². The number of hydrogen-bond donors (Lipinski definition) is 1. The van der Waals surface area contributed by atoms with E-state index >= 15 is 0 Å². The first-order chi connectivity index (χ1) is 10.7. The van der Waals surface area contributed by atoms with Crippen molar-refractivity contribution >= 4 is 11.8 Å². The van der Waals surface area contributed by atoms with Gasteiger partial charge in [-0.2, -0.15) is 0 Å². The van der Waals surface area contributed by atoms with Crippen LogP contribution in [0.15, 0.2) is 29.9 Å². The van der Waals surface area contributed by atoms with E-state index < -0.39 is 11.7 Å². The van der Waals surface area contributed by atoms with Crippen LogP contribution in [0.1, 0.15) is 47.5 Å². The fourth-order valence-electron chi connectivity index (χ4n) is 3.39. The summed E-state index contributed by atoms with van der Waals surface area (Å²) in [6, 6.07) is -0.154. The van der Waals surface area contributed by atoms with Crippen molar-refractivity contribution in [3.8, 4) is 0 Å². The summed E-state index contributed by atoms with van der Waals surface area (Å²) >= 11 is 0. The SMILES string of the molecule is C=CC[C@H](NC(=O)OC(C)(C)C)C1=NC=CC([C@H]2C[C@H]2C)C1C. The molecule has 0 aromatic carbocycles. The van der Waals surface area contributed by atoms with Crippen molar-refractivity contribution in [3.05, 3.63) is 24.9 Å². The number of carbonyl (C=O) groups is 1. The molecule has 0 radical (unpaired) electrons. The van der Waals surface area contributed by atoms with Crippen LogP contribution < -0.4 is 5.32 Å². The first-order valence-electron chi connectivity index (χ1n) is 8.57. The smallest absolute Gasteiger partial charge is 0.408 e. The van der Waals surface area contributed by atoms with Crippen LogP contribution in [-0.2, 0) is 4.74 Å². The van der Waals surface area contributed by atoms with Crippen molar-refractivity contribution in [2.24, 2.45) is 28.7 Å². The number of carbonyl (C=O) groups excluding carboxylic acids is 1. The minimum absolute atomic E-state index is 0.154. The fraction of sp³-hybridized carbons (Fsp3) is 0.684. The maximum Gasteiger partial charge on any atom is 0.408 e. The predicted molar refractivity (Wildman–Crippen MR) is 94.5 cm³/mol. The van der Waals surface area contributed by atoms with Gasteiger partial charge >= 0.3 is 6.09 Å². The average Bonchev–Trinajstić information content (AvgIpc) is 3.13. The summed E-state index contributed by atoms with van der Waals surface area (Å²) < 4.78 is 5.39. The van der Waals surface area contributed by atoms with Crippen molar-refractivity contribution in [3.63, 3.8) is 0 Å². The largest absolute Gasteiger partial charge is 0.444 e. The van der Waals surface area contributed by atoms with Crippen molar-refractivity contribution in [2.75, 3.05) is 0 Å². The van der Waals surface area contributed by atoms with Crippen LogP contribution in [0.3, 0.4) is 0 Å². The third-order valence-electron chi connectivity index (χ3n) is 4.69. The van der Waals surface area contributed by atoms with E-state index in [2.05, 4.69) is 36.8 Å². The molecule has 1 fully saturated rings. The zero-order valence-corrected chi connectivity index (χ0v) is 15.0. The molecule has 1 aliphatic carbocycles. The molecule has 1 N–H and O–H groups in total. The third-order valence-corrected chi connectivity index (χ3v) is 4.69. The lowest BCUT2D eigenvalue weighted by Gasteiger charge is -2.31. The molecule has 0 aromatic heterocycles. The number of nitrogens with one attached hydrogen (secondary N) is 1. The zero-order chi connectivity index (χ0) is 17.2. The highest BCUT2D eigenvalue weighted by Gasteiger charge is 2.43. The highest BCUT2D eigenvalue weighted by molar-refractivity contribution is 5.95. The second kappa shape index (κ2) is 6.90. The Kier molecular flexibility index (Phi) is 5.33. The van der Waals surface area contributed by atoms with Gasteiger partial charge in [0.25, 0.3) is 0 Å². The number of rotatable bonds is 5. The highest BCUT2D eigenvalue weighted by Crippen LogP contribution is 2.48. The van der Waals surface area contributed by atoms with Gasteiger partial charge in [0.15, 0.2) is 0 Å². The van der Waals surface area contributed by atoms with Gasteiger partial charge < -0.3 is 10.1 Å². The summed E-state index contributed by atoms with van der Waals surface area (Å²) in [4.78, 5) is 16.7. The number of amides is 1. The molecular formula is C19H30N2O2. The van der Waals surface area contributed by atoms with Crippen LogP contribution in [0, 0.1) is 23.7 Å². The third kappa shape index (κ3) is 4.69. The lowest BCUT2D eigenvalue weighted by atomic mass is 9.80. The maximum atomic E-state index is 12.1. The lowest BCUT2D eigenvalue weighted by molar-refractivity contribution is 0.0517. The standard InChI is InChI=1S/C19H30N2O2/c1-7-8-16(21-18(22)23-19(4,5)6)17-13(3)14(9-10-20-17)15-11-12(15)2/h7,9-10,12-16H,1,8,11H2,2-6H3,(H,21,22)/t12-,13?,14?,15+,16+/m1/s1. The molecule has 1 heterocycles. The summed E-state index contributed by atoms with van der Waals surface area (Å²) in [6.07, 6.45) is 7.50. The molecule has 23 heavy (non-hydrogen) atoms. The van der Waals surface area contributed by atoms with E-state index in [1.807, 2.05) is 33.0 Å². The number of ether oxygens (including phenoxy) is 1. The lowest BCUT2D eigenvalue weighted by Crippen LogP contribution is -2.46. The molecule has 1 amide bonds. The Bertz CT molecular complexity index is 516. The molecule has 0 aromatic rings. The molecule has 4 nitrogen and oxygen atoms in total. The molecule has 2 rings (SSSR count). The highest BCUT2D eigenvalue weighted by atomic mass is 16.6. The molecule has 0 saturated heterocycles. The van der Waals surface area contributed by atoms with E-state index in [9.17, 15) is 4.79 Å². The van der Waals surface area contributed by atoms with E-state index in [0.29, 0.717) is 18.3 Å². The van der Waals surface area contributed by atoms with Gasteiger partial charge in [-0.3, -0.25) is 4.99 Å². The number of allylic oxidation sites excluding steroid dienone is 1. The Hall–Kier alpha value is -1.58. The van der Waals surface area contributed by atoms with E-state index in [1.54, 1.807) is 0 Å². The summed E-state index contributed by atoms with van der Waals surface area (Å²) in [7, 11) is 0. The van der Waals surface area contributed by atoms with Gasteiger partial charge in [-0.25, -0.2) is 4.79 Å². The Morgan fingerprint density at radius 1 is 1.52 bits per heavy atom. The van der Waals surface area contributed by atoms with Crippen molar-refractivity contribution in [1.82, 2.24) is 5.32 Å². The van der Waals surface area contributed by atoms with E-state index in [0.717, 1.165) is 17.5 Å². The van der Waals surface area contributed by atoms with Gasteiger partial charge in [-0.05, 0) is 51.4 Å². The molecule has 2 unspecified atom stereocenters. The van der Waals surface area contributed by atoms with Crippen molar-refractivity contribution in [2.45, 2.75) is 59.1 Å². The van der Waals surface area contributed by atoms with Crippen LogP contribution in [-0.4, -0.2) is 23.4 Å². The molecule has 128 valence electrons. The quantitative estimate of drug-likeness (QED) is 0.767.